The zero-order valence-corrected chi connectivity index (χ0v) is 11.6. The maximum Gasteiger partial charge on any atom is 0.0724 e. The predicted octanol–water partition coefficient (Wildman–Crippen LogP) is 4.08. The standard InChI is InChI=1S/C16H14ClN3/c17-12-5-3-11(4-6-12)10-20-15-8-7-14-13(16(15)18)2-1-9-19-14/h1-9,20H,10,18H2. The molecule has 0 aliphatic carbocycles. The topological polar surface area (TPSA) is 50.9 Å². The number of pyridine rings is 1. The second-order valence-electron chi connectivity index (χ2n) is 4.58. The van der Waals surface area contributed by atoms with Crippen molar-refractivity contribution in [3.05, 3.63) is 65.3 Å². The predicted molar refractivity (Wildman–Crippen MR) is 84.9 cm³/mol. The summed E-state index contributed by atoms with van der Waals surface area (Å²) in [6.45, 7) is 0.702. The molecule has 0 aliphatic rings. The summed E-state index contributed by atoms with van der Waals surface area (Å²) in [7, 11) is 0. The monoisotopic (exact) mass is 283 g/mol. The van der Waals surface area contributed by atoms with Crippen molar-refractivity contribution < 1.29 is 0 Å². The maximum absolute atomic E-state index is 6.18. The molecule has 2 aromatic carbocycles. The van der Waals surface area contributed by atoms with Gasteiger partial charge < -0.3 is 11.1 Å². The van der Waals surface area contributed by atoms with Crippen LogP contribution in [0.3, 0.4) is 0 Å². The lowest BCUT2D eigenvalue weighted by Gasteiger charge is -2.11. The van der Waals surface area contributed by atoms with Crippen LogP contribution < -0.4 is 11.1 Å². The molecular formula is C16H14ClN3. The summed E-state index contributed by atoms with van der Waals surface area (Å²) in [4.78, 5) is 4.29. The molecule has 1 aromatic heterocycles. The van der Waals surface area contributed by atoms with Gasteiger partial charge in [-0.15, -0.1) is 0 Å². The van der Waals surface area contributed by atoms with E-state index in [0.717, 1.165) is 32.9 Å². The highest BCUT2D eigenvalue weighted by molar-refractivity contribution is 6.30. The number of hydrogen-bond acceptors (Lipinski definition) is 3. The number of nitrogens with two attached hydrogens (primary N) is 1. The van der Waals surface area contributed by atoms with Gasteiger partial charge >= 0.3 is 0 Å². The third-order valence-electron chi connectivity index (χ3n) is 3.22. The van der Waals surface area contributed by atoms with E-state index < -0.39 is 0 Å². The van der Waals surface area contributed by atoms with Crippen LogP contribution in [0, 0.1) is 0 Å². The molecule has 0 amide bonds. The van der Waals surface area contributed by atoms with E-state index in [1.54, 1.807) is 6.20 Å². The van der Waals surface area contributed by atoms with Crippen molar-refractivity contribution in [2.45, 2.75) is 6.54 Å². The van der Waals surface area contributed by atoms with E-state index in [2.05, 4.69) is 10.3 Å². The van der Waals surface area contributed by atoms with Crippen LogP contribution >= 0.6 is 11.6 Å². The number of halogens is 1. The number of benzene rings is 2. The van der Waals surface area contributed by atoms with Gasteiger partial charge in [-0.3, -0.25) is 4.98 Å². The van der Waals surface area contributed by atoms with Crippen LogP contribution in [0.1, 0.15) is 5.56 Å². The summed E-state index contributed by atoms with van der Waals surface area (Å²) < 4.78 is 0. The fraction of sp³-hybridized carbons (Fsp3) is 0.0625. The first-order valence-electron chi connectivity index (χ1n) is 6.35. The normalized spacial score (nSPS) is 10.7. The highest BCUT2D eigenvalue weighted by Gasteiger charge is 2.04. The van der Waals surface area contributed by atoms with E-state index in [4.69, 9.17) is 17.3 Å². The van der Waals surface area contributed by atoms with Gasteiger partial charge in [-0.2, -0.15) is 0 Å². The fourth-order valence-corrected chi connectivity index (χ4v) is 2.25. The minimum absolute atomic E-state index is 0.702. The van der Waals surface area contributed by atoms with E-state index in [9.17, 15) is 0 Å². The number of nitrogen functional groups attached to an aromatic ring is 1. The number of anilines is 2. The van der Waals surface area contributed by atoms with Crippen LogP contribution in [0.5, 0.6) is 0 Å². The number of aromatic nitrogens is 1. The van der Waals surface area contributed by atoms with Crippen molar-refractivity contribution in [1.82, 2.24) is 4.98 Å². The van der Waals surface area contributed by atoms with Crippen LogP contribution in [-0.2, 0) is 6.54 Å². The Bertz CT molecular complexity index is 738. The SMILES string of the molecule is Nc1c(NCc2ccc(Cl)cc2)ccc2ncccc12. The van der Waals surface area contributed by atoms with Crippen LogP contribution in [-0.4, -0.2) is 4.98 Å². The van der Waals surface area contributed by atoms with E-state index in [-0.39, 0.29) is 0 Å². The molecule has 3 N–H and O–H groups in total. The summed E-state index contributed by atoms with van der Waals surface area (Å²) in [5.41, 5.74) is 9.88. The molecule has 0 fully saturated rings. The Labute approximate surface area is 122 Å². The molecule has 0 atom stereocenters. The molecule has 0 bridgehead atoms. The maximum atomic E-state index is 6.18. The Morgan fingerprint density at radius 3 is 2.65 bits per heavy atom. The Morgan fingerprint density at radius 2 is 1.85 bits per heavy atom. The molecule has 100 valence electrons. The van der Waals surface area contributed by atoms with Crippen molar-refractivity contribution in [3.8, 4) is 0 Å². The van der Waals surface area contributed by atoms with Crippen molar-refractivity contribution in [3.63, 3.8) is 0 Å². The second-order valence-corrected chi connectivity index (χ2v) is 5.01. The van der Waals surface area contributed by atoms with Gasteiger partial charge in [0.25, 0.3) is 0 Å². The van der Waals surface area contributed by atoms with Gasteiger partial charge in [-0.1, -0.05) is 23.7 Å². The van der Waals surface area contributed by atoms with Crippen LogP contribution in [0.25, 0.3) is 10.9 Å². The van der Waals surface area contributed by atoms with Crippen molar-refractivity contribution in [2.24, 2.45) is 0 Å². The van der Waals surface area contributed by atoms with E-state index in [0.29, 0.717) is 6.54 Å². The smallest absolute Gasteiger partial charge is 0.0724 e. The van der Waals surface area contributed by atoms with Gasteiger partial charge in [0, 0.05) is 23.2 Å². The fourth-order valence-electron chi connectivity index (χ4n) is 2.13. The number of fused-ring (bicyclic) bond motifs is 1. The molecule has 0 unspecified atom stereocenters. The van der Waals surface area contributed by atoms with Crippen molar-refractivity contribution in [1.29, 1.82) is 0 Å². The first-order chi connectivity index (χ1) is 9.74. The van der Waals surface area contributed by atoms with Gasteiger partial charge in [0.2, 0.25) is 0 Å². The van der Waals surface area contributed by atoms with Crippen LogP contribution in [0.2, 0.25) is 5.02 Å². The molecular weight excluding hydrogens is 270 g/mol. The highest BCUT2D eigenvalue weighted by atomic mass is 35.5. The Hall–Kier alpha value is -2.26. The first-order valence-corrected chi connectivity index (χ1v) is 6.73. The summed E-state index contributed by atoms with van der Waals surface area (Å²) in [5, 5.41) is 5.05. The lowest BCUT2D eigenvalue weighted by Crippen LogP contribution is -2.03. The summed E-state index contributed by atoms with van der Waals surface area (Å²) in [6.07, 6.45) is 1.77. The van der Waals surface area contributed by atoms with Gasteiger partial charge in [0.1, 0.15) is 0 Å². The largest absolute Gasteiger partial charge is 0.397 e. The zero-order chi connectivity index (χ0) is 13.9. The summed E-state index contributed by atoms with van der Waals surface area (Å²) >= 11 is 5.87. The quantitative estimate of drug-likeness (QED) is 0.712. The van der Waals surface area contributed by atoms with Crippen molar-refractivity contribution in [2.75, 3.05) is 11.1 Å². The Morgan fingerprint density at radius 1 is 1.05 bits per heavy atom. The molecule has 0 spiro atoms. The average Bonchev–Trinajstić information content (AvgIpc) is 2.49. The molecule has 4 heteroatoms. The van der Waals surface area contributed by atoms with E-state index in [1.807, 2.05) is 48.5 Å². The van der Waals surface area contributed by atoms with Gasteiger partial charge in [-0.25, -0.2) is 0 Å². The minimum atomic E-state index is 0.702. The summed E-state index contributed by atoms with van der Waals surface area (Å²) in [6, 6.07) is 15.5. The molecule has 0 saturated carbocycles. The Kier molecular flexibility index (Phi) is 3.44. The highest BCUT2D eigenvalue weighted by Crippen LogP contribution is 2.27. The number of nitrogens with one attached hydrogen (secondary N) is 1. The second kappa shape index (κ2) is 5.39. The molecule has 3 aromatic rings. The van der Waals surface area contributed by atoms with Gasteiger partial charge in [-0.05, 0) is 42.0 Å². The zero-order valence-electron chi connectivity index (χ0n) is 10.8. The van der Waals surface area contributed by atoms with Crippen LogP contribution in [0.15, 0.2) is 54.7 Å². The lowest BCUT2D eigenvalue weighted by molar-refractivity contribution is 1.15. The van der Waals surface area contributed by atoms with Gasteiger partial charge in [0.05, 0.1) is 16.9 Å². The molecule has 20 heavy (non-hydrogen) atoms. The number of nitrogens with zero attached hydrogens (tertiary/aromatic N) is 1. The third-order valence-corrected chi connectivity index (χ3v) is 3.47. The molecule has 1 heterocycles. The first kappa shape index (κ1) is 12.8. The Balaban J connectivity index is 1.84. The minimum Gasteiger partial charge on any atom is -0.397 e. The molecule has 0 saturated heterocycles. The van der Waals surface area contributed by atoms with Crippen molar-refractivity contribution >= 4 is 33.9 Å². The van der Waals surface area contributed by atoms with Gasteiger partial charge in [0.15, 0.2) is 0 Å². The average molecular weight is 284 g/mol. The number of hydrogen-bond donors (Lipinski definition) is 2. The van der Waals surface area contributed by atoms with E-state index >= 15 is 0 Å². The lowest BCUT2D eigenvalue weighted by atomic mass is 10.1. The molecule has 0 radical (unpaired) electrons. The number of rotatable bonds is 3. The van der Waals surface area contributed by atoms with E-state index in [1.165, 1.54) is 0 Å². The molecule has 3 nitrogen and oxygen atoms in total. The third kappa shape index (κ3) is 2.53. The molecule has 3 rings (SSSR count). The molecule has 0 aliphatic heterocycles. The van der Waals surface area contributed by atoms with Crippen LogP contribution in [0.4, 0.5) is 11.4 Å². The summed E-state index contributed by atoms with van der Waals surface area (Å²) in [5.74, 6) is 0.